The third-order valence-electron chi connectivity index (χ3n) is 5.49. The standard InChI is InChI=1S/C21H23ClN4OS/c1-21(2,3)12-4-6-15-11(8-12)9-14-17(23)18(28-20(14)25-15)19(27)26-16-7-5-13(22)10-24-16/h5,7,9-10,12H,4,6,8,23H2,1-3H3,(H,24,26,27). The van der Waals surface area contributed by atoms with E-state index in [-0.39, 0.29) is 11.3 Å². The first-order valence-electron chi connectivity index (χ1n) is 9.36. The number of pyridine rings is 2. The summed E-state index contributed by atoms with van der Waals surface area (Å²) < 4.78 is 0. The summed E-state index contributed by atoms with van der Waals surface area (Å²) in [6.07, 6.45) is 4.62. The Morgan fingerprint density at radius 2 is 2.14 bits per heavy atom. The molecule has 0 aromatic carbocycles. The fourth-order valence-corrected chi connectivity index (χ4v) is 4.82. The van der Waals surface area contributed by atoms with E-state index in [1.807, 2.05) is 0 Å². The van der Waals surface area contributed by atoms with Gasteiger partial charge in [-0.05, 0) is 54.4 Å². The number of hydrogen-bond donors (Lipinski definition) is 2. The quantitative estimate of drug-likeness (QED) is 0.593. The third-order valence-corrected chi connectivity index (χ3v) is 6.82. The third kappa shape index (κ3) is 3.59. The van der Waals surface area contributed by atoms with Crippen LogP contribution in [0.5, 0.6) is 0 Å². The van der Waals surface area contributed by atoms with Crippen LogP contribution in [0.25, 0.3) is 10.2 Å². The number of carbonyl (C=O) groups is 1. The molecule has 1 aliphatic carbocycles. The van der Waals surface area contributed by atoms with E-state index in [1.165, 1.54) is 23.1 Å². The highest BCUT2D eigenvalue weighted by molar-refractivity contribution is 7.21. The van der Waals surface area contributed by atoms with Gasteiger partial charge in [0, 0.05) is 17.3 Å². The summed E-state index contributed by atoms with van der Waals surface area (Å²) in [5.41, 5.74) is 9.49. The number of nitrogens with one attached hydrogen (secondary N) is 1. The lowest BCUT2D eigenvalue weighted by atomic mass is 9.71. The van der Waals surface area contributed by atoms with Crippen LogP contribution in [-0.4, -0.2) is 15.9 Å². The lowest BCUT2D eigenvalue weighted by Gasteiger charge is -2.34. The normalized spacial score (nSPS) is 16.8. The number of thiophene rings is 1. The Morgan fingerprint density at radius 3 is 2.82 bits per heavy atom. The molecule has 3 N–H and O–H groups in total. The van der Waals surface area contributed by atoms with Gasteiger partial charge in [0.1, 0.15) is 15.5 Å². The second kappa shape index (κ2) is 7.01. The van der Waals surface area contributed by atoms with Gasteiger partial charge in [0.25, 0.3) is 5.91 Å². The van der Waals surface area contributed by atoms with Gasteiger partial charge in [-0.15, -0.1) is 11.3 Å². The summed E-state index contributed by atoms with van der Waals surface area (Å²) in [4.78, 5) is 22.9. The summed E-state index contributed by atoms with van der Waals surface area (Å²) in [7, 11) is 0. The van der Waals surface area contributed by atoms with Gasteiger partial charge in [0.15, 0.2) is 0 Å². The number of fused-ring (bicyclic) bond motifs is 2. The van der Waals surface area contributed by atoms with Gasteiger partial charge in [0.05, 0.1) is 10.7 Å². The minimum atomic E-state index is -0.277. The van der Waals surface area contributed by atoms with Crippen LogP contribution in [0.3, 0.4) is 0 Å². The smallest absolute Gasteiger partial charge is 0.269 e. The number of nitrogens with two attached hydrogens (primary N) is 1. The van der Waals surface area contributed by atoms with Crippen molar-refractivity contribution in [3.63, 3.8) is 0 Å². The number of nitrogens with zero attached hydrogens (tertiary/aromatic N) is 2. The molecule has 3 aromatic rings. The van der Waals surface area contributed by atoms with E-state index in [0.717, 1.165) is 35.2 Å². The molecule has 3 heterocycles. The first-order chi connectivity index (χ1) is 13.2. The van der Waals surface area contributed by atoms with Gasteiger partial charge >= 0.3 is 0 Å². The fourth-order valence-electron chi connectivity index (χ4n) is 3.72. The molecule has 1 unspecified atom stereocenters. The Labute approximate surface area is 173 Å². The summed E-state index contributed by atoms with van der Waals surface area (Å²) >= 11 is 7.17. The number of amides is 1. The molecular weight excluding hydrogens is 392 g/mol. The number of carbonyl (C=O) groups excluding carboxylic acids is 1. The van der Waals surface area contributed by atoms with E-state index in [9.17, 15) is 4.79 Å². The summed E-state index contributed by atoms with van der Waals surface area (Å²) in [5, 5.41) is 4.16. The van der Waals surface area contributed by atoms with Gasteiger partial charge in [-0.3, -0.25) is 4.79 Å². The maximum absolute atomic E-state index is 12.7. The monoisotopic (exact) mass is 414 g/mol. The van der Waals surface area contributed by atoms with Gasteiger partial charge < -0.3 is 11.1 Å². The van der Waals surface area contributed by atoms with E-state index in [4.69, 9.17) is 22.3 Å². The average molecular weight is 415 g/mol. The van der Waals surface area contributed by atoms with E-state index in [2.05, 4.69) is 37.1 Å². The molecule has 0 saturated carbocycles. The van der Waals surface area contributed by atoms with Crippen molar-refractivity contribution in [2.24, 2.45) is 11.3 Å². The topological polar surface area (TPSA) is 80.9 Å². The number of anilines is 2. The number of hydrogen-bond acceptors (Lipinski definition) is 5. The largest absolute Gasteiger partial charge is 0.397 e. The number of rotatable bonds is 2. The molecular formula is C21H23ClN4OS. The predicted molar refractivity (Wildman–Crippen MR) is 116 cm³/mol. The highest BCUT2D eigenvalue weighted by Crippen LogP contribution is 2.40. The molecule has 4 rings (SSSR count). The molecule has 0 aliphatic heterocycles. The Morgan fingerprint density at radius 1 is 1.36 bits per heavy atom. The van der Waals surface area contributed by atoms with Gasteiger partial charge in [-0.1, -0.05) is 32.4 Å². The van der Waals surface area contributed by atoms with Crippen LogP contribution in [0.1, 0.15) is 48.1 Å². The second-order valence-electron chi connectivity index (χ2n) is 8.41. The van der Waals surface area contributed by atoms with Crippen molar-refractivity contribution in [3.8, 4) is 0 Å². The molecule has 146 valence electrons. The number of aryl methyl sites for hydroxylation is 1. The maximum atomic E-state index is 12.7. The van der Waals surface area contributed by atoms with Crippen molar-refractivity contribution in [1.29, 1.82) is 0 Å². The molecule has 0 radical (unpaired) electrons. The molecule has 0 spiro atoms. The lowest BCUT2D eigenvalue weighted by molar-refractivity contribution is 0.103. The van der Waals surface area contributed by atoms with Crippen LogP contribution in [0.2, 0.25) is 5.02 Å². The minimum absolute atomic E-state index is 0.267. The summed E-state index contributed by atoms with van der Waals surface area (Å²) in [6, 6.07) is 5.48. The molecule has 1 atom stereocenters. The van der Waals surface area contributed by atoms with Crippen molar-refractivity contribution in [1.82, 2.24) is 9.97 Å². The second-order valence-corrected chi connectivity index (χ2v) is 9.85. The van der Waals surface area contributed by atoms with E-state index >= 15 is 0 Å². The zero-order chi connectivity index (χ0) is 20.1. The van der Waals surface area contributed by atoms with Gasteiger partial charge in [-0.2, -0.15) is 0 Å². The van der Waals surface area contributed by atoms with E-state index < -0.39 is 0 Å². The highest BCUT2D eigenvalue weighted by atomic mass is 35.5. The van der Waals surface area contributed by atoms with Crippen LogP contribution < -0.4 is 11.1 Å². The summed E-state index contributed by atoms with van der Waals surface area (Å²) in [6.45, 7) is 6.88. The van der Waals surface area contributed by atoms with Crippen LogP contribution in [0, 0.1) is 11.3 Å². The molecule has 0 fully saturated rings. The van der Waals surface area contributed by atoms with Gasteiger partial charge in [0.2, 0.25) is 0 Å². The molecule has 5 nitrogen and oxygen atoms in total. The van der Waals surface area contributed by atoms with Crippen LogP contribution in [0.15, 0.2) is 24.4 Å². The Bertz CT molecular complexity index is 1050. The molecule has 1 aliphatic rings. The maximum Gasteiger partial charge on any atom is 0.269 e. The molecule has 0 bridgehead atoms. The zero-order valence-electron chi connectivity index (χ0n) is 16.2. The Hall–Kier alpha value is -2.18. The van der Waals surface area contributed by atoms with E-state index in [0.29, 0.717) is 27.3 Å². The van der Waals surface area contributed by atoms with Crippen molar-refractivity contribution < 1.29 is 4.79 Å². The number of nitrogen functional groups attached to an aromatic ring is 1. The predicted octanol–water partition coefficient (Wildman–Crippen LogP) is 5.33. The average Bonchev–Trinajstić information content (AvgIpc) is 2.96. The minimum Gasteiger partial charge on any atom is -0.397 e. The van der Waals surface area contributed by atoms with Crippen LogP contribution in [0.4, 0.5) is 11.5 Å². The van der Waals surface area contributed by atoms with Crippen LogP contribution in [-0.2, 0) is 12.8 Å². The molecule has 7 heteroatoms. The molecule has 1 amide bonds. The van der Waals surface area contributed by atoms with Crippen molar-refractivity contribution in [2.75, 3.05) is 11.1 Å². The highest BCUT2D eigenvalue weighted by Gasteiger charge is 2.30. The Kier molecular flexibility index (Phi) is 4.79. The first-order valence-corrected chi connectivity index (χ1v) is 10.6. The molecule has 28 heavy (non-hydrogen) atoms. The van der Waals surface area contributed by atoms with Crippen molar-refractivity contribution in [2.45, 2.75) is 40.0 Å². The van der Waals surface area contributed by atoms with Crippen molar-refractivity contribution >= 4 is 50.6 Å². The SMILES string of the molecule is CC(C)(C)C1CCc2nc3sc(C(=O)Nc4ccc(Cl)cn4)c(N)c3cc2C1. The summed E-state index contributed by atoms with van der Waals surface area (Å²) in [5.74, 6) is 0.783. The van der Waals surface area contributed by atoms with E-state index in [1.54, 1.807) is 12.1 Å². The lowest BCUT2D eigenvalue weighted by Crippen LogP contribution is -2.27. The number of halogens is 1. The Balaban J connectivity index is 1.65. The first kappa shape index (κ1) is 19.2. The fraction of sp³-hybridized carbons (Fsp3) is 0.381. The van der Waals surface area contributed by atoms with Gasteiger partial charge in [-0.25, -0.2) is 9.97 Å². The molecule has 3 aromatic heterocycles. The number of aromatic nitrogens is 2. The van der Waals surface area contributed by atoms with Crippen LogP contribution >= 0.6 is 22.9 Å². The van der Waals surface area contributed by atoms with Crippen molar-refractivity contribution in [3.05, 3.63) is 45.6 Å². The molecule has 0 saturated heterocycles. The zero-order valence-corrected chi connectivity index (χ0v) is 17.7.